The van der Waals surface area contributed by atoms with Gasteiger partial charge in [-0.05, 0) is 74.8 Å². The number of hydrogen-bond acceptors (Lipinski definition) is 7. The normalized spacial score (nSPS) is 16.5. The van der Waals surface area contributed by atoms with Gasteiger partial charge in [0.15, 0.2) is 0 Å². The second kappa shape index (κ2) is 12.4. The van der Waals surface area contributed by atoms with Gasteiger partial charge < -0.3 is 14.8 Å². The summed E-state index contributed by atoms with van der Waals surface area (Å²) in [6.45, 7) is 6.17. The molecule has 2 aliphatic rings. The lowest BCUT2D eigenvalue weighted by molar-refractivity contribution is -0.136. The number of likely N-dealkylation sites (N-methyl/N-ethyl adjacent to an activating group) is 1. The number of pyridine rings is 1. The van der Waals surface area contributed by atoms with E-state index in [0.29, 0.717) is 0 Å². The molecule has 5 amide bonds. The lowest BCUT2D eigenvalue weighted by Gasteiger charge is -2.28. The summed E-state index contributed by atoms with van der Waals surface area (Å²) in [7, 11) is 2.10. The molecule has 0 spiro atoms. The SMILES string of the molecule is CN(CCn1c2ccccc2c2cccnc21)Cc1ccc(C(C)(C)NC(=O)c2ccc3c(c2)C(=O)N(C2CCC(=O)NC2=O)C3=O)cc1. The van der Waals surface area contributed by atoms with Gasteiger partial charge in [-0.1, -0.05) is 42.5 Å². The number of nitrogens with one attached hydrogen (secondary N) is 2. The number of piperidine rings is 1. The van der Waals surface area contributed by atoms with Crippen LogP contribution in [0.25, 0.3) is 21.9 Å². The molecule has 4 heterocycles. The minimum absolute atomic E-state index is 0.0335. The van der Waals surface area contributed by atoms with E-state index in [1.807, 2.05) is 38.2 Å². The highest BCUT2D eigenvalue weighted by Gasteiger charge is 2.44. The van der Waals surface area contributed by atoms with Crippen molar-refractivity contribution in [3.63, 3.8) is 0 Å². The van der Waals surface area contributed by atoms with E-state index in [1.54, 1.807) is 0 Å². The molecule has 1 atom stereocenters. The second-order valence-corrected chi connectivity index (χ2v) is 13.3. The molecule has 248 valence electrons. The summed E-state index contributed by atoms with van der Waals surface area (Å²) >= 11 is 0. The predicted molar refractivity (Wildman–Crippen MR) is 184 cm³/mol. The van der Waals surface area contributed by atoms with E-state index in [0.717, 1.165) is 46.7 Å². The molecule has 2 aliphatic heterocycles. The maximum absolute atomic E-state index is 13.4. The maximum Gasteiger partial charge on any atom is 0.262 e. The topological polar surface area (TPSA) is 134 Å². The highest BCUT2D eigenvalue weighted by molar-refractivity contribution is 6.24. The maximum atomic E-state index is 13.4. The Morgan fingerprint density at radius 1 is 0.939 bits per heavy atom. The number of carbonyl (C=O) groups is 5. The Bertz CT molecular complexity index is 2120. The van der Waals surface area contributed by atoms with Crippen LogP contribution in [0.1, 0.15) is 68.9 Å². The highest BCUT2D eigenvalue weighted by Crippen LogP contribution is 2.30. The van der Waals surface area contributed by atoms with Gasteiger partial charge in [0.25, 0.3) is 17.7 Å². The van der Waals surface area contributed by atoms with Crippen LogP contribution in [0, 0.1) is 0 Å². The van der Waals surface area contributed by atoms with Crippen molar-refractivity contribution in [1.29, 1.82) is 0 Å². The van der Waals surface area contributed by atoms with Gasteiger partial charge in [0.1, 0.15) is 11.7 Å². The first-order chi connectivity index (χ1) is 23.5. The van der Waals surface area contributed by atoms with Crippen molar-refractivity contribution in [3.8, 4) is 0 Å². The van der Waals surface area contributed by atoms with Crippen molar-refractivity contribution in [1.82, 2.24) is 30.0 Å². The minimum Gasteiger partial charge on any atom is -0.343 e. The predicted octanol–water partition coefficient (Wildman–Crippen LogP) is 4.39. The van der Waals surface area contributed by atoms with Crippen molar-refractivity contribution in [2.45, 2.75) is 51.4 Å². The molecule has 7 rings (SSSR count). The van der Waals surface area contributed by atoms with Crippen molar-refractivity contribution >= 4 is 51.5 Å². The summed E-state index contributed by atoms with van der Waals surface area (Å²) < 4.78 is 2.28. The molecule has 5 aromatic rings. The Kier molecular flexibility index (Phi) is 8.07. The summed E-state index contributed by atoms with van der Waals surface area (Å²) in [5.41, 5.74) is 3.85. The zero-order chi connectivity index (χ0) is 34.4. The van der Waals surface area contributed by atoms with E-state index in [-0.39, 0.29) is 29.5 Å². The van der Waals surface area contributed by atoms with E-state index in [4.69, 9.17) is 0 Å². The van der Waals surface area contributed by atoms with Crippen LogP contribution in [-0.2, 0) is 28.2 Å². The fraction of sp³-hybridized carbons (Fsp3) is 0.263. The molecular formula is C38H36N6O5. The van der Waals surface area contributed by atoms with Gasteiger partial charge in [0.05, 0.1) is 22.2 Å². The molecule has 0 bridgehead atoms. The van der Waals surface area contributed by atoms with Gasteiger partial charge in [-0.3, -0.25) is 34.2 Å². The third-order valence-corrected chi connectivity index (χ3v) is 9.49. The number of carbonyl (C=O) groups excluding carboxylic acids is 5. The standard InChI is InChI=1S/C38H36N6O5/c1-38(2,41-34(46)24-12-15-28-29(21-24)37(49)44(36(28)48)31-16-17-32(45)40-35(31)47)25-13-10-23(11-14-25)22-42(3)19-20-43-30-9-5-4-7-26(30)27-8-6-18-39-33(27)43/h4-15,18,21,31H,16-17,19-20,22H2,1-3H3,(H,41,46)(H,40,45,47). The van der Waals surface area contributed by atoms with E-state index >= 15 is 0 Å². The number of imide groups is 2. The van der Waals surface area contributed by atoms with Crippen molar-refractivity contribution in [2.75, 3.05) is 13.6 Å². The molecule has 1 fully saturated rings. The molecule has 1 saturated heterocycles. The number of rotatable bonds is 9. The monoisotopic (exact) mass is 656 g/mol. The fourth-order valence-electron chi connectivity index (χ4n) is 6.83. The number of amides is 5. The van der Waals surface area contributed by atoms with Crippen LogP contribution < -0.4 is 10.6 Å². The van der Waals surface area contributed by atoms with Gasteiger partial charge in [-0.25, -0.2) is 4.98 Å². The van der Waals surface area contributed by atoms with Crippen LogP contribution in [0.3, 0.4) is 0 Å². The van der Waals surface area contributed by atoms with Crippen LogP contribution in [-0.4, -0.2) is 68.5 Å². The van der Waals surface area contributed by atoms with Gasteiger partial charge in [0, 0.05) is 48.6 Å². The zero-order valence-electron chi connectivity index (χ0n) is 27.5. The summed E-state index contributed by atoms with van der Waals surface area (Å²) in [5, 5.41) is 7.59. The number of nitrogens with zero attached hydrogens (tertiary/aromatic N) is 4. The van der Waals surface area contributed by atoms with Crippen LogP contribution in [0.5, 0.6) is 0 Å². The molecule has 3 aromatic carbocycles. The first-order valence-electron chi connectivity index (χ1n) is 16.3. The summed E-state index contributed by atoms with van der Waals surface area (Å²) in [6.07, 6.45) is 1.93. The van der Waals surface area contributed by atoms with E-state index in [9.17, 15) is 24.0 Å². The Labute approximate surface area is 282 Å². The fourth-order valence-corrected chi connectivity index (χ4v) is 6.83. The van der Waals surface area contributed by atoms with E-state index in [1.165, 1.54) is 29.1 Å². The molecule has 11 nitrogen and oxygen atoms in total. The van der Waals surface area contributed by atoms with Gasteiger partial charge in [0.2, 0.25) is 11.8 Å². The number of para-hydroxylation sites is 1. The third kappa shape index (κ3) is 5.86. The molecule has 0 saturated carbocycles. The molecule has 2 N–H and O–H groups in total. The lowest BCUT2D eigenvalue weighted by atomic mass is 9.92. The third-order valence-electron chi connectivity index (χ3n) is 9.49. The van der Waals surface area contributed by atoms with E-state index in [2.05, 4.69) is 74.6 Å². The first kappa shape index (κ1) is 31.9. The molecule has 1 unspecified atom stereocenters. The van der Waals surface area contributed by atoms with Gasteiger partial charge >= 0.3 is 0 Å². The average molecular weight is 657 g/mol. The Balaban J connectivity index is 0.989. The Morgan fingerprint density at radius 3 is 2.45 bits per heavy atom. The molecule has 49 heavy (non-hydrogen) atoms. The van der Waals surface area contributed by atoms with Gasteiger partial charge in [-0.15, -0.1) is 0 Å². The van der Waals surface area contributed by atoms with Crippen molar-refractivity contribution < 1.29 is 24.0 Å². The number of benzene rings is 3. The van der Waals surface area contributed by atoms with Crippen LogP contribution in [0.4, 0.5) is 0 Å². The average Bonchev–Trinajstić information content (AvgIpc) is 3.54. The molecule has 0 aliphatic carbocycles. The molecule has 2 aromatic heterocycles. The van der Waals surface area contributed by atoms with Crippen LogP contribution in [0.2, 0.25) is 0 Å². The molecule has 11 heteroatoms. The van der Waals surface area contributed by atoms with Crippen LogP contribution in [0.15, 0.2) is 85.1 Å². The smallest absolute Gasteiger partial charge is 0.262 e. The highest BCUT2D eigenvalue weighted by atomic mass is 16.2. The lowest BCUT2D eigenvalue weighted by Crippen LogP contribution is -2.54. The quantitative estimate of drug-likeness (QED) is 0.225. The number of hydrogen-bond donors (Lipinski definition) is 2. The first-order valence-corrected chi connectivity index (χ1v) is 16.3. The van der Waals surface area contributed by atoms with E-state index < -0.39 is 41.1 Å². The minimum atomic E-state index is -1.07. The number of fused-ring (bicyclic) bond motifs is 4. The van der Waals surface area contributed by atoms with Gasteiger partial charge in [-0.2, -0.15) is 0 Å². The summed E-state index contributed by atoms with van der Waals surface area (Å²) in [6, 6.07) is 23.9. The molecular weight excluding hydrogens is 620 g/mol. The largest absolute Gasteiger partial charge is 0.343 e. The second-order valence-electron chi connectivity index (χ2n) is 13.3. The summed E-state index contributed by atoms with van der Waals surface area (Å²) in [4.78, 5) is 71.4. The molecule has 0 radical (unpaired) electrons. The Hall–Kier alpha value is -5.68. The summed E-state index contributed by atoms with van der Waals surface area (Å²) in [5.74, 6) is -2.80. The Morgan fingerprint density at radius 2 is 1.67 bits per heavy atom. The number of aromatic nitrogens is 2. The zero-order valence-corrected chi connectivity index (χ0v) is 27.5. The van der Waals surface area contributed by atoms with Crippen LogP contribution >= 0.6 is 0 Å². The van der Waals surface area contributed by atoms with Crippen molar-refractivity contribution in [3.05, 3.63) is 113 Å². The van der Waals surface area contributed by atoms with Crippen molar-refractivity contribution in [2.24, 2.45) is 0 Å².